The molecule has 0 amide bonds. The highest BCUT2D eigenvalue weighted by atomic mass is 35.5. The monoisotopic (exact) mass is 174 g/mol. The summed E-state index contributed by atoms with van der Waals surface area (Å²) in [5.41, 5.74) is 2.05. The average Bonchev–Trinajstić information content (AvgIpc) is 1.85. The Bertz CT molecular complexity index is 173. The molecule has 0 saturated carbocycles. The predicted octanol–water partition coefficient (Wildman–Crippen LogP) is 2.25. The molecule has 1 rings (SSSR count). The van der Waals surface area contributed by atoms with E-state index in [1.165, 1.54) is 12.6 Å². The maximum Gasteiger partial charge on any atom is 0.333 e. The van der Waals surface area contributed by atoms with Crippen LogP contribution in [-0.2, 0) is 9.53 Å². The molecule has 0 spiro atoms. The highest BCUT2D eigenvalue weighted by Gasteiger charge is 2.13. The summed E-state index contributed by atoms with van der Waals surface area (Å²) in [6.07, 6.45) is 3.82. The van der Waals surface area contributed by atoms with Gasteiger partial charge in [-0.25, -0.2) is 4.79 Å². The third kappa shape index (κ3) is 3.83. The fraction of sp³-hybridized carbons (Fsp3) is 0.375. The Morgan fingerprint density at radius 3 is 2.45 bits per heavy atom. The number of carbonyl (C=O) groups is 1. The quantitative estimate of drug-likeness (QED) is 0.570. The van der Waals surface area contributed by atoms with Gasteiger partial charge < -0.3 is 4.74 Å². The standard InChI is InChI=1S/C6H8O2.C2H3Cl/c1-8-6(7)5-3-2-4-5;1-2-3/h3H,2,4H2,1H3;2H,1H2. The van der Waals surface area contributed by atoms with Crippen LogP contribution in [0.4, 0.5) is 0 Å². The minimum atomic E-state index is -0.170. The lowest BCUT2D eigenvalue weighted by Gasteiger charge is -2.09. The fourth-order valence-electron chi connectivity index (χ4n) is 0.605. The first-order chi connectivity index (χ1) is 5.26. The number of carbonyl (C=O) groups excluding carboxylic acids is 1. The van der Waals surface area contributed by atoms with Crippen LogP contribution in [0.15, 0.2) is 23.8 Å². The number of halogens is 1. The second-order valence-electron chi connectivity index (χ2n) is 1.91. The summed E-state index contributed by atoms with van der Waals surface area (Å²) in [5, 5.41) is 0. The third-order valence-corrected chi connectivity index (χ3v) is 1.25. The average molecular weight is 175 g/mol. The molecular formula is C8H11ClO2. The Morgan fingerprint density at radius 1 is 1.91 bits per heavy atom. The molecule has 0 bridgehead atoms. The SMILES string of the molecule is C=CCl.COC(=O)C1=CCC1. The van der Waals surface area contributed by atoms with Gasteiger partial charge in [-0.1, -0.05) is 24.3 Å². The first-order valence-corrected chi connectivity index (χ1v) is 3.68. The molecular weight excluding hydrogens is 164 g/mol. The molecule has 0 atom stereocenters. The summed E-state index contributed by atoms with van der Waals surface area (Å²) in [7, 11) is 1.40. The van der Waals surface area contributed by atoms with Crippen LogP contribution < -0.4 is 0 Å². The van der Waals surface area contributed by atoms with Gasteiger partial charge in [0.05, 0.1) is 7.11 Å². The highest BCUT2D eigenvalue weighted by molar-refractivity contribution is 6.25. The van der Waals surface area contributed by atoms with E-state index in [1.807, 2.05) is 6.08 Å². The summed E-state index contributed by atoms with van der Waals surface area (Å²) < 4.78 is 4.45. The van der Waals surface area contributed by atoms with Gasteiger partial charge in [0.2, 0.25) is 0 Å². The van der Waals surface area contributed by atoms with Crippen molar-refractivity contribution in [1.82, 2.24) is 0 Å². The van der Waals surface area contributed by atoms with Gasteiger partial charge in [0, 0.05) is 5.57 Å². The van der Waals surface area contributed by atoms with Crippen molar-refractivity contribution in [3.8, 4) is 0 Å². The van der Waals surface area contributed by atoms with Crippen LogP contribution in [-0.4, -0.2) is 13.1 Å². The Morgan fingerprint density at radius 2 is 2.36 bits per heavy atom. The lowest BCUT2D eigenvalue weighted by Crippen LogP contribution is -2.09. The van der Waals surface area contributed by atoms with E-state index in [2.05, 4.69) is 11.3 Å². The van der Waals surface area contributed by atoms with E-state index in [0.717, 1.165) is 18.4 Å². The van der Waals surface area contributed by atoms with Gasteiger partial charge in [-0.15, -0.1) is 0 Å². The Balaban J connectivity index is 0.000000292. The highest BCUT2D eigenvalue weighted by Crippen LogP contribution is 2.18. The van der Waals surface area contributed by atoms with Crippen molar-refractivity contribution in [2.45, 2.75) is 12.8 Å². The molecule has 0 aliphatic heterocycles. The van der Waals surface area contributed by atoms with Crippen LogP contribution in [0, 0.1) is 0 Å². The molecule has 0 N–H and O–H groups in total. The molecule has 0 radical (unpaired) electrons. The molecule has 0 aromatic heterocycles. The molecule has 0 saturated heterocycles. The van der Waals surface area contributed by atoms with E-state index in [-0.39, 0.29) is 5.97 Å². The summed E-state index contributed by atoms with van der Waals surface area (Å²) in [6.45, 7) is 3.13. The van der Waals surface area contributed by atoms with Gasteiger partial charge in [-0.3, -0.25) is 0 Å². The van der Waals surface area contributed by atoms with Crippen molar-refractivity contribution >= 4 is 17.6 Å². The van der Waals surface area contributed by atoms with E-state index >= 15 is 0 Å². The van der Waals surface area contributed by atoms with Gasteiger partial charge in [-0.05, 0) is 18.4 Å². The van der Waals surface area contributed by atoms with Crippen molar-refractivity contribution in [3.63, 3.8) is 0 Å². The zero-order valence-electron chi connectivity index (χ0n) is 6.47. The lowest BCUT2D eigenvalue weighted by molar-refractivity contribution is -0.136. The number of allylic oxidation sites excluding steroid dienone is 1. The van der Waals surface area contributed by atoms with E-state index in [9.17, 15) is 4.79 Å². The maximum atomic E-state index is 10.5. The van der Waals surface area contributed by atoms with Gasteiger partial charge in [0.25, 0.3) is 0 Å². The van der Waals surface area contributed by atoms with Crippen LogP contribution in [0.1, 0.15) is 12.8 Å². The van der Waals surface area contributed by atoms with E-state index in [1.54, 1.807) is 0 Å². The number of hydrogen-bond donors (Lipinski definition) is 0. The van der Waals surface area contributed by atoms with Crippen molar-refractivity contribution < 1.29 is 9.53 Å². The molecule has 1 aliphatic carbocycles. The number of methoxy groups -OCH3 is 1. The van der Waals surface area contributed by atoms with Crippen LogP contribution >= 0.6 is 11.6 Å². The molecule has 0 heterocycles. The van der Waals surface area contributed by atoms with Crippen molar-refractivity contribution in [2.24, 2.45) is 0 Å². The van der Waals surface area contributed by atoms with Crippen molar-refractivity contribution in [3.05, 3.63) is 23.8 Å². The van der Waals surface area contributed by atoms with Crippen molar-refractivity contribution in [2.75, 3.05) is 7.11 Å². The number of rotatable bonds is 1. The van der Waals surface area contributed by atoms with Crippen LogP contribution in [0.3, 0.4) is 0 Å². The molecule has 1 aliphatic rings. The Kier molecular flexibility index (Phi) is 5.57. The van der Waals surface area contributed by atoms with Gasteiger partial charge >= 0.3 is 5.97 Å². The number of esters is 1. The molecule has 62 valence electrons. The minimum absolute atomic E-state index is 0.170. The molecule has 3 heteroatoms. The largest absolute Gasteiger partial charge is 0.466 e. The molecule has 0 aromatic carbocycles. The lowest BCUT2D eigenvalue weighted by atomic mass is 10.00. The number of hydrogen-bond acceptors (Lipinski definition) is 2. The van der Waals surface area contributed by atoms with Gasteiger partial charge in [0.1, 0.15) is 0 Å². The Hall–Kier alpha value is -0.760. The zero-order valence-corrected chi connectivity index (χ0v) is 7.23. The molecule has 11 heavy (non-hydrogen) atoms. The predicted molar refractivity (Wildman–Crippen MR) is 45.4 cm³/mol. The van der Waals surface area contributed by atoms with Crippen LogP contribution in [0.25, 0.3) is 0 Å². The molecule has 0 fully saturated rings. The summed E-state index contributed by atoms with van der Waals surface area (Å²) in [4.78, 5) is 10.5. The normalized spacial score (nSPS) is 13.1. The topological polar surface area (TPSA) is 26.3 Å². The first-order valence-electron chi connectivity index (χ1n) is 3.24. The fourth-order valence-corrected chi connectivity index (χ4v) is 0.605. The van der Waals surface area contributed by atoms with Crippen molar-refractivity contribution in [1.29, 1.82) is 0 Å². The maximum absolute atomic E-state index is 10.5. The van der Waals surface area contributed by atoms with Crippen LogP contribution in [0.5, 0.6) is 0 Å². The minimum Gasteiger partial charge on any atom is -0.466 e. The summed E-state index contributed by atoms with van der Waals surface area (Å²) in [5.74, 6) is -0.170. The number of ether oxygens (including phenoxy) is 1. The van der Waals surface area contributed by atoms with E-state index in [0.29, 0.717) is 0 Å². The van der Waals surface area contributed by atoms with E-state index in [4.69, 9.17) is 11.6 Å². The smallest absolute Gasteiger partial charge is 0.333 e. The second-order valence-corrected chi connectivity index (χ2v) is 2.22. The summed E-state index contributed by atoms with van der Waals surface area (Å²) >= 11 is 4.76. The second kappa shape index (κ2) is 5.98. The van der Waals surface area contributed by atoms with Gasteiger partial charge in [0.15, 0.2) is 0 Å². The van der Waals surface area contributed by atoms with E-state index < -0.39 is 0 Å². The third-order valence-electron chi connectivity index (χ3n) is 1.25. The first kappa shape index (κ1) is 10.2. The molecule has 2 nitrogen and oxygen atoms in total. The molecule has 0 unspecified atom stereocenters. The Labute approximate surface area is 71.5 Å². The summed E-state index contributed by atoms with van der Waals surface area (Å²) in [6, 6.07) is 0. The van der Waals surface area contributed by atoms with Gasteiger partial charge in [-0.2, -0.15) is 0 Å². The zero-order chi connectivity index (χ0) is 8.69. The molecule has 0 aromatic rings. The van der Waals surface area contributed by atoms with Crippen LogP contribution in [0.2, 0.25) is 0 Å².